The molecule has 0 bridgehead atoms. The van der Waals surface area contributed by atoms with Crippen molar-refractivity contribution in [2.45, 2.75) is 6.54 Å². The van der Waals surface area contributed by atoms with Crippen molar-refractivity contribution in [1.82, 2.24) is 20.4 Å². The third-order valence-electron chi connectivity index (χ3n) is 3.09. The summed E-state index contributed by atoms with van der Waals surface area (Å²) in [5.41, 5.74) is 2.47. The van der Waals surface area contributed by atoms with Gasteiger partial charge in [0.05, 0.1) is 12.3 Å². The van der Waals surface area contributed by atoms with Crippen molar-refractivity contribution >= 4 is 5.91 Å². The van der Waals surface area contributed by atoms with E-state index >= 15 is 0 Å². The maximum absolute atomic E-state index is 11.6. The van der Waals surface area contributed by atoms with E-state index < -0.39 is 0 Å². The molecule has 0 aliphatic rings. The molecule has 2 N–H and O–H groups in total. The van der Waals surface area contributed by atoms with Gasteiger partial charge in [-0.3, -0.25) is 4.79 Å². The van der Waals surface area contributed by atoms with Crippen LogP contribution in [-0.4, -0.2) is 43.0 Å². The van der Waals surface area contributed by atoms with Gasteiger partial charge in [0, 0.05) is 33.4 Å². The number of methoxy groups -OCH3 is 1. The number of hydrogen-bond acceptors (Lipinski definition) is 4. The molecule has 1 aromatic heterocycles. The number of para-hydroxylation sites is 1. The lowest BCUT2D eigenvalue weighted by Gasteiger charge is -2.10. The first kappa shape index (κ1) is 15.2. The Morgan fingerprint density at radius 3 is 2.90 bits per heavy atom. The molecule has 6 heteroatoms. The number of benzene rings is 1. The Labute approximate surface area is 124 Å². The van der Waals surface area contributed by atoms with Gasteiger partial charge in [-0.25, -0.2) is 4.68 Å². The number of rotatable bonds is 7. The van der Waals surface area contributed by atoms with E-state index in [1.807, 2.05) is 24.3 Å². The fourth-order valence-electron chi connectivity index (χ4n) is 1.99. The van der Waals surface area contributed by atoms with Crippen LogP contribution in [0, 0.1) is 0 Å². The van der Waals surface area contributed by atoms with Crippen LogP contribution in [0.3, 0.4) is 0 Å². The van der Waals surface area contributed by atoms with Crippen molar-refractivity contribution in [1.29, 1.82) is 0 Å². The zero-order valence-corrected chi connectivity index (χ0v) is 12.3. The molecule has 0 spiro atoms. The van der Waals surface area contributed by atoms with E-state index in [9.17, 15) is 4.79 Å². The van der Waals surface area contributed by atoms with E-state index in [1.165, 1.54) is 0 Å². The van der Waals surface area contributed by atoms with Gasteiger partial charge in [0.1, 0.15) is 0 Å². The normalized spacial score (nSPS) is 10.6. The summed E-state index contributed by atoms with van der Waals surface area (Å²) in [7, 11) is 3.27. The summed E-state index contributed by atoms with van der Waals surface area (Å²) < 4.78 is 6.73. The summed E-state index contributed by atoms with van der Waals surface area (Å²) >= 11 is 0. The van der Waals surface area contributed by atoms with Crippen molar-refractivity contribution < 1.29 is 9.53 Å². The fourth-order valence-corrected chi connectivity index (χ4v) is 1.99. The number of hydrogen-bond donors (Lipinski definition) is 2. The number of nitrogens with zero attached hydrogens (tertiary/aromatic N) is 2. The first-order chi connectivity index (χ1) is 10.3. The van der Waals surface area contributed by atoms with E-state index in [2.05, 4.69) is 15.7 Å². The van der Waals surface area contributed by atoms with Gasteiger partial charge in [0.25, 0.3) is 5.91 Å². The van der Waals surface area contributed by atoms with Crippen LogP contribution >= 0.6 is 0 Å². The highest BCUT2D eigenvalue weighted by Crippen LogP contribution is 2.14. The molecule has 0 aliphatic heterocycles. The molecular formula is C15H20N4O2. The van der Waals surface area contributed by atoms with E-state index in [0.29, 0.717) is 18.8 Å². The molecular weight excluding hydrogens is 268 g/mol. The van der Waals surface area contributed by atoms with Gasteiger partial charge < -0.3 is 15.4 Å². The fraction of sp³-hybridized carbons (Fsp3) is 0.333. The second kappa shape index (κ2) is 7.56. The lowest BCUT2D eigenvalue weighted by molar-refractivity contribution is 0.0957. The van der Waals surface area contributed by atoms with Crippen molar-refractivity contribution in [3.63, 3.8) is 0 Å². The van der Waals surface area contributed by atoms with Crippen LogP contribution in [0.15, 0.2) is 36.5 Å². The Morgan fingerprint density at radius 1 is 1.33 bits per heavy atom. The largest absolute Gasteiger partial charge is 0.383 e. The van der Waals surface area contributed by atoms with Crippen LogP contribution in [0.25, 0.3) is 5.69 Å². The molecule has 1 heterocycles. The molecule has 1 aromatic carbocycles. The zero-order valence-electron chi connectivity index (χ0n) is 12.3. The third kappa shape index (κ3) is 3.90. The second-order valence-electron chi connectivity index (χ2n) is 4.52. The van der Waals surface area contributed by atoms with Gasteiger partial charge in [0.2, 0.25) is 0 Å². The van der Waals surface area contributed by atoms with Gasteiger partial charge in [-0.2, -0.15) is 5.10 Å². The molecule has 0 saturated carbocycles. The van der Waals surface area contributed by atoms with Gasteiger partial charge in [-0.05, 0) is 17.7 Å². The van der Waals surface area contributed by atoms with Gasteiger partial charge >= 0.3 is 0 Å². The second-order valence-corrected chi connectivity index (χ2v) is 4.52. The average molecular weight is 288 g/mol. The predicted molar refractivity (Wildman–Crippen MR) is 80.5 cm³/mol. The van der Waals surface area contributed by atoms with E-state index in [4.69, 9.17) is 4.74 Å². The number of nitrogens with one attached hydrogen (secondary N) is 2. The summed E-state index contributed by atoms with van der Waals surface area (Å²) in [5, 5.41) is 10.2. The van der Waals surface area contributed by atoms with E-state index in [-0.39, 0.29) is 5.91 Å². The van der Waals surface area contributed by atoms with Crippen molar-refractivity contribution in [3.8, 4) is 5.69 Å². The van der Waals surface area contributed by atoms with Crippen LogP contribution in [0.4, 0.5) is 0 Å². The first-order valence-electron chi connectivity index (χ1n) is 6.82. The first-order valence-corrected chi connectivity index (χ1v) is 6.82. The quantitative estimate of drug-likeness (QED) is 0.745. The Hall–Kier alpha value is -2.18. The monoisotopic (exact) mass is 288 g/mol. The van der Waals surface area contributed by atoms with Gasteiger partial charge in [-0.1, -0.05) is 18.2 Å². The topological polar surface area (TPSA) is 68.2 Å². The Balaban J connectivity index is 2.15. The van der Waals surface area contributed by atoms with Gasteiger partial charge in [0.15, 0.2) is 5.69 Å². The molecule has 0 radical (unpaired) electrons. The zero-order chi connectivity index (χ0) is 15.1. The van der Waals surface area contributed by atoms with Crippen LogP contribution in [-0.2, 0) is 11.3 Å². The molecule has 112 valence electrons. The minimum absolute atomic E-state index is 0.190. The SMILES string of the molecule is CNC(=O)c1ccn(-c2ccccc2CNCCOC)n1. The summed E-state index contributed by atoms with van der Waals surface area (Å²) in [6.45, 7) is 2.17. The van der Waals surface area contributed by atoms with Crippen LogP contribution in [0.1, 0.15) is 16.1 Å². The highest BCUT2D eigenvalue weighted by atomic mass is 16.5. The minimum atomic E-state index is -0.190. The molecule has 0 saturated heterocycles. The average Bonchev–Trinajstić information content (AvgIpc) is 3.01. The lowest BCUT2D eigenvalue weighted by atomic mass is 10.2. The van der Waals surface area contributed by atoms with Crippen LogP contribution < -0.4 is 10.6 Å². The molecule has 0 aliphatic carbocycles. The number of aromatic nitrogens is 2. The van der Waals surface area contributed by atoms with Crippen LogP contribution in [0.5, 0.6) is 0 Å². The highest BCUT2D eigenvalue weighted by Gasteiger charge is 2.10. The number of ether oxygens (including phenoxy) is 1. The van der Waals surface area contributed by atoms with E-state index in [1.54, 1.807) is 31.1 Å². The van der Waals surface area contributed by atoms with Crippen molar-refractivity contribution in [2.75, 3.05) is 27.3 Å². The lowest BCUT2D eigenvalue weighted by Crippen LogP contribution is -2.20. The minimum Gasteiger partial charge on any atom is -0.383 e. The summed E-state index contributed by atoms with van der Waals surface area (Å²) in [6, 6.07) is 9.66. The van der Waals surface area contributed by atoms with Crippen molar-refractivity contribution in [2.24, 2.45) is 0 Å². The highest BCUT2D eigenvalue weighted by molar-refractivity contribution is 5.91. The molecule has 2 rings (SSSR count). The molecule has 0 fully saturated rings. The van der Waals surface area contributed by atoms with Crippen molar-refractivity contribution in [3.05, 3.63) is 47.8 Å². The predicted octanol–water partition coefficient (Wildman–Crippen LogP) is 0.968. The molecule has 6 nitrogen and oxygen atoms in total. The Bertz CT molecular complexity index is 595. The molecule has 21 heavy (non-hydrogen) atoms. The van der Waals surface area contributed by atoms with Gasteiger partial charge in [-0.15, -0.1) is 0 Å². The molecule has 0 unspecified atom stereocenters. The third-order valence-corrected chi connectivity index (χ3v) is 3.09. The molecule has 2 aromatic rings. The maximum atomic E-state index is 11.6. The maximum Gasteiger partial charge on any atom is 0.271 e. The summed E-state index contributed by atoms with van der Waals surface area (Å²) in [4.78, 5) is 11.6. The smallest absolute Gasteiger partial charge is 0.271 e. The standard InChI is InChI=1S/C15H20N4O2/c1-16-15(20)13-7-9-19(18-13)14-6-4-3-5-12(14)11-17-8-10-21-2/h3-7,9,17H,8,10-11H2,1-2H3,(H,16,20). The Kier molecular flexibility index (Phi) is 5.48. The summed E-state index contributed by atoms with van der Waals surface area (Å²) in [5.74, 6) is -0.190. The number of carbonyl (C=O) groups is 1. The van der Waals surface area contributed by atoms with E-state index in [0.717, 1.165) is 17.8 Å². The number of amides is 1. The Morgan fingerprint density at radius 2 is 2.14 bits per heavy atom. The van der Waals surface area contributed by atoms with Crippen LogP contribution in [0.2, 0.25) is 0 Å². The molecule has 1 amide bonds. The number of carbonyl (C=O) groups excluding carboxylic acids is 1. The molecule has 0 atom stereocenters. The summed E-state index contributed by atoms with van der Waals surface area (Å²) in [6.07, 6.45) is 1.79.